The van der Waals surface area contributed by atoms with E-state index in [0.29, 0.717) is 17.1 Å². The fraction of sp³-hybridized carbons (Fsp3) is 0. The summed E-state index contributed by atoms with van der Waals surface area (Å²) in [5.74, 6) is -0.501. The topological polar surface area (TPSA) is 109 Å². The predicted molar refractivity (Wildman–Crippen MR) is 123 cm³/mol. The van der Waals surface area contributed by atoms with E-state index >= 15 is 0 Å². The van der Waals surface area contributed by atoms with Gasteiger partial charge in [-0.1, -0.05) is 36.4 Å². The number of hydrogen-bond donors (Lipinski definition) is 1. The molecule has 0 unspecified atom stereocenters. The van der Waals surface area contributed by atoms with Gasteiger partial charge in [0.2, 0.25) is 0 Å². The van der Waals surface area contributed by atoms with E-state index in [0.717, 1.165) is 32.8 Å². The Morgan fingerprint density at radius 1 is 0.818 bits per heavy atom. The standard InChI is InChI=1S/C25H14N4O4/c30-24-19-9-8-18(29(32)33)13-20(19)25(31)28(24)17-7-3-6-16(10-17)23-26-21-11-14-4-1-2-5-15(14)12-22(21)27-23/h1-13H,(H,26,27). The van der Waals surface area contributed by atoms with Crippen LogP contribution in [-0.2, 0) is 0 Å². The third-order valence-electron chi connectivity index (χ3n) is 5.81. The SMILES string of the molecule is O=C1c2ccc([N+](=O)[O-])cc2C(=O)N1c1cccc(-c2nc3cc4ccccc4cc3[nH]2)c1. The van der Waals surface area contributed by atoms with E-state index in [4.69, 9.17) is 4.98 Å². The zero-order chi connectivity index (χ0) is 22.7. The van der Waals surface area contributed by atoms with Crippen LogP contribution in [0.5, 0.6) is 0 Å². The van der Waals surface area contributed by atoms with Gasteiger partial charge >= 0.3 is 0 Å². The van der Waals surface area contributed by atoms with Gasteiger partial charge in [-0.25, -0.2) is 9.88 Å². The number of fused-ring (bicyclic) bond motifs is 3. The monoisotopic (exact) mass is 434 g/mol. The van der Waals surface area contributed by atoms with Gasteiger partial charge in [-0.05, 0) is 41.1 Å². The molecule has 0 radical (unpaired) electrons. The van der Waals surface area contributed by atoms with Gasteiger partial charge in [0.05, 0.1) is 32.8 Å². The number of nitrogens with one attached hydrogen (secondary N) is 1. The number of anilines is 1. The van der Waals surface area contributed by atoms with Crippen LogP contribution in [0.25, 0.3) is 33.2 Å². The number of nitro groups is 1. The van der Waals surface area contributed by atoms with Crippen LogP contribution in [0.2, 0.25) is 0 Å². The largest absolute Gasteiger partial charge is 0.338 e. The molecule has 0 bridgehead atoms. The summed E-state index contributed by atoms with van der Waals surface area (Å²) in [6, 6.07) is 22.7. The Bertz CT molecular complexity index is 1600. The van der Waals surface area contributed by atoms with Gasteiger partial charge in [0.15, 0.2) is 0 Å². The Kier molecular flexibility index (Phi) is 3.91. The van der Waals surface area contributed by atoms with Crippen molar-refractivity contribution in [2.75, 3.05) is 4.90 Å². The molecule has 2 heterocycles. The van der Waals surface area contributed by atoms with Crippen molar-refractivity contribution < 1.29 is 14.5 Å². The highest BCUT2D eigenvalue weighted by atomic mass is 16.6. The molecule has 8 heteroatoms. The van der Waals surface area contributed by atoms with Gasteiger partial charge in [-0.3, -0.25) is 19.7 Å². The molecule has 1 aromatic heterocycles. The van der Waals surface area contributed by atoms with Gasteiger partial charge in [-0.2, -0.15) is 0 Å². The molecule has 4 aromatic carbocycles. The van der Waals surface area contributed by atoms with Crippen molar-refractivity contribution >= 4 is 45.0 Å². The summed E-state index contributed by atoms with van der Waals surface area (Å²) in [7, 11) is 0. The second-order valence-corrected chi connectivity index (χ2v) is 7.78. The van der Waals surface area contributed by atoms with Crippen LogP contribution in [0.1, 0.15) is 20.7 Å². The molecule has 6 rings (SSSR count). The number of aromatic nitrogens is 2. The second kappa shape index (κ2) is 6.83. The maximum absolute atomic E-state index is 13.0. The lowest BCUT2D eigenvalue weighted by molar-refractivity contribution is -0.384. The molecule has 158 valence electrons. The van der Waals surface area contributed by atoms with Gasteiger partial charge in [0.25, 0.3) is 17.5 Å². The summed E-state index contributed by atoms with van der Waals surface area (Å²) in [6.45, 7) is 0. The smallest absolute Gasteiger partial charge is 0.270 e. The quantitative estimate of drug-likeness (QED) is 0.242. The average molecular weight is 434 g/mol. The number of amides is 2. The molecular formula is C25H14N4O4. The Labute approximate surface area is 186 Å². The molecule has 0 spiro atoms. The number of aromatic amines is 1. The second-order valence-electron chi connectivity index (χ2n) is 7.78. The van der Waals surface area contributed by atoms with Crippen molar-refractivity contribution in [3.05, 3.63) is 100 Å². The highest BCUT2D eigenvalue weighted by molar-refractivity contribution is 6.34. The molecule has 1 aliphatic heterocycles. The summed E-state index contributed by atoms with van der Waals surface area (Å²) in [6.07, 6.45) is 0. The van der Waals surface area contributed by atoms with Crippen molar-refractivity contribution in [3.63, 3.8) is 0 Å². The molecule has 5 aromatic rings. The minimum Gasteiger partial charge on any atom is -0.338 e. The number of carbonyl (C=O) groups excluding carboxylic acids is 2. The number of carbonyl (C=O) groups is 2. The first kappa shape index (κ1) is 18.9. The average Bonchev–Trinajstić information content (AvgIpc) is 3.35. The minimum absolute atomic E-state index is 0.0232. The first-order chi connectivity index (χ1) is 16.0. The van der Waals surface area contributed by atoms with Crippen LogP contribution in [0, 0.1) is 10.1 Å². The number of nitrogens with zero attached hydrogens (tertiary/aromatic N) is 3. The van der Waals surface area contributed by atoms with Crippen molar-refractivity contribution in [1.29, 1.82) is 0 Å². The summed E-state index contributed by atoms with van der Waals surface area (Å²) < 4.78 is 0. The number of imide groups is 1. The third kappa shape index (κ3) is 2.89. The summed E-state index contributed by atoms with van der Waals surface area (Å²) in [5.41, 5.74) is 2.69. The third-order valence-corrected chi connectivity index (χ3v) is 5.81. The fourth-order valence-electron chi connectivity index (χ4n) is 4.20. The zero-order valence-corrected chi connectivity index (χ0v) is 17.0. The molecule has 1 N–H and O–H groups in total. The van der Waals surface area contributed by atoms with Crippen LogP contribution in [0.15, 0.2) is 78.9 Å². The maximum Gasteiger partial charge on any atom is 0.270 e. The van der Waals surface area contributed by atoms with E-state index in [9.17, 15) is 19.7 Å². The number of imidazole rings is 1. The first-order valence-electron chi connectivity index (χ1n) is 10.2. The first-order valence-corrected chi connectivity index (χ1v) is 10.2. The van der Waals surface area contributed by atoms with E-state index in [1.807, 2.05) is 42.5 Å². The van der Waals surface area contributed by atoms with E-state index in [1.165, 1.54) is 12.1 Å². The van der Waals surface area contributed by atoms with Crippen LogP contribution >= 0.6 is 0 Å². The summed E-state index contributed by atoms with van der Waals surface area (Å²) >= 11 is 0. The Morgan fingerprint density at radius 3 is 2.36 bits per heavy atom. The molecule has 2 amide bonds. The molecule has 0 saturated heterocycles. The Morgan fingerprint density at radius 2 is 1.58 bits per heavy atom. The van der Waals surface area contributed by atoms with E-state index in [2.05, 4.69) is 4.98 Å². The molecule has 0 atom stereocenters. The van der Waals surface area contributed by atoms with E-state index < -0.39 is 16.7 Å². The highest BCUT2D eigenvalue weighted by Gasteiger charge is 2.38. The molecule has 33 heavy (non-hydrogen) atoms. The van der Waals surface area contributed by atoms with Crippen molar-refractivity contribution in [2.45, 2.75) is 0 Å². The fourth-order valence-corrected chi connectivity index (χ4v) is 4.20. The van der Waals surface area contributed by atoms with Crippen molar-refractivity contribution in [3.8, 4) is 11.4 Å². The van der Waals surface area contributed by atoms with Crippen molar-refractivity contribution in [2.24, 2.45) is 0 Å². The Balaban J connectivity index is 1.41. The molecule has 0 aliphatic carbocycles. The summed E-state index contributed by atoms with van der Waals surface area (Å²) in [4.78, 5) is 45.4. The number of benzene rings is 4. The van der Waals surface area contributed by atoms with Crippen molar-refractivity contribution in [1.82, 2.24) is 9.97 Å². The molecule has 8 nitrogen and oxygen atoms in total. The lowest BCUT2D eigenvalue weighted by Crippen LogP contribution is -2.29. The number of nitro benzene ring substituents is 1. The van der Waals surface area contributed by atoms with E-state index in [-0.39, 0.29) is 16.8 Å². The zero-order valence-electron chi connectivity index (χ0n) is 17.0. The van der Waals surface area contributed by atoms with Gasteiger partial charge in [-0.15, -0.1) is 0 Å². The molecular weight excluding hydrogens is 420 g/mol. The van der Waals surface area contributed by atoms with Crippen LogP contribution in [0.3, 0.4) is 0 Å². The van der Waals surface area contributed by atoms with E-state index in [1.54, 1.807) is 18.2 Å². The summed E-state index contributed by atoms with van der Waals surface area (Å²) in [5, 5.41) is 13.3. The Hall–Kier alpha value is -4.85. The van der Waals surface area contributed by atoms with Gasteiger partial charge < -0.3 is 4.98 Å². The lowest BCUT2D eigenvalue weighted by atomic mass is 10.1. The molecule has 1 aliphatic rings. The minimum atomic E-state index is -0.591. The van der Waals surface area contributed by atoms with Gasteiger partial charge in [0, 0.05) is 17.7 Å². The van der Waals surface area contributed by atoms with Gasteiger partial charge in [0.1, 0.15) is 5.82 Å². The number of rotatable bonds is 3. The molecule has 0 saturated carbocycles. The number of H-pyrrole nitrogens is 1. The molecule has 0 fully saturated rings. The van der Waals surface area contributed by atoms with Crippen LogP contribution in [-0.4, -0.2) is 26.7 Å². The number of non-ortho nitro benzene ring substituents is 1. The highest BCUT2D eigenvalue weighted by Crippen LogP contribution is 2.33. The number of hydrogen-bond acceptors (Lipinski definition) is 5. The maximum atomic E-state index is 13.0. The predicted octanol–water partition coefficient (Wildman–Crippen LogP) is 5.09. The normalized spacial score (nSPS) is 13.2. The van der Waals surface area contributed by atoms with Crippen LogP contribution < -0.4 is 4.90 Å². The lowest BCUT2D eigenvalue weighted by Gasteiger charge is -2.14. The van der Waals surface area contributed by atoms with Crippen LogP contribution in [0.4, 0.5) is 11.4 Å².